The number of alkyl halides is 3. The molecule has 1 heterocycles. The molecule has 3 rings (SSSR count). The number of hydrogen-bond acceptors (Lipinski definition) is 2. The first-order chi connectivity index (χ1) is 13.8. The normalized spacial score (nSPS) is 11.5. The van der Waals surface area contributed by atoms with Gasteiger partial charge in [0.1, 0.15) is 0 Å². The standard InChI is InChI=1S/C22H22F3N3O/c1-15-21(18-8-4-3-5-9-18)16(2)28(27-15)12-11-26-20(29)14-17-7-6-10-19(13-17)22(23,24)25/h3-10,13H,11-12,14H2,1-2H3,(H,26,29). The number of amides is 1. The van der Waals surface area contributed by atoms with Crippen molar-refractivity contribution < 1.29 is 18.0 Å². The van der Waals surface area contributed by atoms with Crippen LogP contribution >= 0.6 is 0 Å². The molecule has 0 atom stereocenters. The number of carbonyl (C=O) groups is 1. The number of rotatable bonds is 6. The van der Waals surface area contributed by atoms with E-state index in [1.165, 1.54) is 12.1 Å². The molecule has 1 amide bonds. The molecule has 0 spiro atoms. The summed E-state index contributed by atoms with van der Waals surface area (Å²) in [6.07, 6.45) is -4.52. The van der Waals surface area contributed by atoms with E-state index in [2.05, 4.69) is 10.4 Å². The average Bonchev–Trinajstić information content (AvgIpc) is 2.95. The van der Waals surface area contributed by atoms with Gasteiger partial charge in [-0.1, -0.05) is 48.5 Å². The highest BCUT2D eigenvalue weighted by Gasteiger charge is 2.30. The Morgan fingerprint density at radius 1 is 1.07 bits per heavy atom. The van der Waals surface area contributed by atoms with Crippen LogP contribution in [0.5, 0.6) is 0 Å². The van der Waals surface area contributed by atoms with Crippen LogP contribution in [0.1, 0.15) is 22.5 Å². The van der Waals surface area contributed by atoms with Gasteiger partial charge >= 0.3 is 6.18 Å². The van der Waals surface area contributed by atoms with Crippen LogP contribution in [0.3, 0.4) is 0 Å². The van der Waals surface area contributed by atoms with E-state index in [9.17, 15) is 18.0 Å². The smallest absolute Gasteiger partial charge is 0.354 e. The maximum absolute atomic E-state index is 12.8. The quantitative estimate of drug-likeness (QED) is 0.659. The van der Waals surface area contributed by atoms with Gasteiger partial charge in [-0.05, 0) is 31.0 Å². The first kappa shape index (κ1) is 20.6. The number of hydrogen-bond donors (Lipinski definition) is 1. The third kappa shape index (κ3) is 5.04. The molecule has 0 bridgehead atoms. The average molecular weight is 401 g/mol. The van der Waals surface area contributed by atoms with Crippen molar-refractivity contribution in [1.82, 2.24) is 15.1 Å². The molecule has 3 aromatic rings. The van der Waals surface area contributed by atoms with Gasteiger partial charge in [-0.25, -0.2) is 0 Å². The lowest BCUT2D eigenvalue weighted by Crippen LogP contribution is -2.29. The molecule has 2 aromatic carbocycles. The van der Waals surface area contributed by atoms with E-state index in [-0.39, 0.29) is 12.3 Å². The molecule has 0 aliphatic heterocycles. The van der Waals surface area contributed by atoms with E-state index in [1.807, 2.05) is 48.9 Å². The highest BCUT2D eigenvalue weighted by atomic mass is 19.4. The minimum absolute atomic E-state index is 0.101. The maximum Gasteiger partial charge on any atom is 0.416 e. The lowest BCUT2D eigenvalue weighted by atomic mass is 10.0. The number of nitrogens with zero attached hydrogens (tertiary/aromatic N) is 2. The number of benzene rings is 2. The van der Waals surface area contributed by atoms with Crippen LogP contribution in [-0.2, 0) is 23.9 Å². The van der Waals surface area contributed by atoms with E-state index < -0.39 is 11.7 Å². The summed E-state index contributed by atoms with van der Waals surface area (Å²) >= 11 is 0. The maximum atomic E-state index is 12.8. The van der Waals surface area contributed by atoms with Gasteiger partial charge in [0.25, 0.3) is 0 Å². The molecular formula is C22H22F3N3O. The summed E-state index contributed by atoms with van der Waals surface area (Å²) in [5.41, 5.74) is 3.64. The Labute approximate surface area is 167 Å². The summed E-state index contributed by atoms with van der Waals surface area (Å²) in [5, 5.41) is 7.30. The van der Waals surface area contributed by atoms with E-state index in [4.69, 9.17) is 0 Å². The third-order valence-corrected chi connectivity index (χ3v) is 4.71. The second-order valence-corrected chi connectivity index (χ2v) is 6.86. The van der Waals surface area contributed by atoms with Crippen molar-refractivity contribution in [3.8, 4) is 11.1 Å². The second kappa shape index (κ2) is 8.51. The van der Waals surface area contributed by atoms with Crippen LogP contribution in [0, 0.1) is 13.8 Å². The molecule has 0 unspecified atom stereocenters. The zero-order valence-corrected chi connectivity index (χ0v) is 16.3. The SMILES string of the molecule is Cc1nn(CCNC(=O)Cc2cccc(C(F)(F)F)c2)c(C)c1-c1ccccc1. The van der Waals surface area contributed by atoms with Crippen molar-refractivity contribution in [2.75, 3.05) is 6.54 Å². The van der Waals surface area contributed by atoms with Crippen molar-refractivity contribution >= 4 is 5.91 Å². The Hall–Kier alpha value is -3.09. The van der Waals surface area contributed by atoms with Gasteiger partial charge in [-0.3, -0.25) is 9.48 Å². The molecule has 7 heteroatoms. The molecule has 0 aliphatic carbocycles. The molecule has 1 aromatic heterocycles. The van der Waals surface area contributed by atoms with Crippen LogP contribution in [0.4, 0.5) is 13.2 Å². The fourth-order valence-corrected chi connectivity index (χ4v) is 3.34. The predicted octanol–water partition coefficient (Wildman–Crippen LogP) is 4.54. The fraction of sp³-hybridized carbons (Fsp3) is 0.273. The van der Waals surface area contributed by atoms with Crippen LogP contribution in [-0.4, -0.2) is 22.2 Å². The van der Waals surface area contributed by atoms with E-state index in [0.29, 0.717) is 18.7 Å². The summed E-state index contributed by atoms with van der Waals surface area (Å²) in [6, 6.07) is 14.8. The Bertz CT molecular complexity index is 994. The van der Waals surface area contributed by atoms with E-state index in [1.54, 1.807) is 0 Å². The topological polar surface area (TPSA) is 46.9 Å². The van der Waals surface area contributed by atoms with Crippen LogP contribution in [0.25, 0.3) is 11.1 Å². The Morgan fingerprint density at radius 3 is 2.48 bits per heavy atom. The summed E-state index contributed by atoms with van der Waals surface area (Å²) < 4.78 is 40.2. The molecule has 29 heavy (non-hydrogen) atoms. The number of nitrogens with one attached hydrogen (secondary N) is 1. The molecule has 4 nitrogen and oxygen atoms in total. The molecule has 0 radical (unpaired) electrons. The third-order valence-electron chi connectivity index (χ3n) is 4.71. The first-order valence-electron chi connectivity index (χ1n) is 9.28. The van der Waals surface area contributed by atoms with Crippen molar-refractivity contribution in [2.24, 2.45) is 0 Å². The summed E-state index contributed by atoms with van der Waals surface area (Å²) in [7, 11) is 0. The van der Waals surface area contributed by atoms with Gasteiger partial charge in [-0.2, -0.15) is 18.3 Å². The summed E-state index contributed by atoms with van der Waals surface area (Å²) in [6.45, 7) is 4.74. The molecule has 152 valence electrons. The first-order valence-corrected chi connectivity index (χ1v) is 9.28. The van der Waals surface area contributed by atoms with Gasteiger partial charge in [-0.15, -0.1) is 0 Å². The highest BCUT2D eigenvalue weighted by molar-refractivity contribution is 5.78. The Morgan fingerprint density at radius 2 is 1.79 bits per heavy atom. The Balaban J connectivity index is 1.59. The second-order valence-electron chi connectivity index (χ2n) is 6.86. The Kier molecular flexibility index (Phi) is 6.06. The van der Waals surface area contributed by atoms with Gasteiger partial charge in [0, 0.05) is 17.8 Å². The monoisotopic (exact) mass is 401 g/mol. The zero-order chi connectivity index (χ0) is 21.0. The van der Waals surface area contributed by atoms with Gasteiger partial charge in [0.05, 0.1) is 24.2 Å². The molecule has 0 fully saturated rings. The fourth-order valence-electron chi connectivity index (χ4n) is 3.34. The minimum atomic E-state index is -4.42. The van der Waals surface area contributed by atoms with Crippen molar-refractivity contribution in [3.05, 3.63) is 77.1 Å². The van der Waals surface area contributed by atoms with E-state index in [0.717, 1.165) is 34.6 Å². The lowest BCUT2D eigenvalue weighted by Gasteiger charge is -2.10. The highest BCUT2D eigenvalue weighted by Crippen LogP contribution is 2.29. The van der Waals surface area contributed by atoms with Crippen LogP contribution in [0.2, 0.25) is 0 Å². The van der Waals surface area contributed by atoms with E-state index >= 15 is 0 Å². The molecule has 0 saturated heterocycles. The van der Waals surface area contributed by atoms with Crippen LogP contribution < -0.4 is 5.32 Å². The summed E-state index contributed by atoms with van der Waals surface area (Å²) in [5.74, 6) is -0.325. The number of aryl methyl sites for hydroxylation is 1. The van der Waals surface area contributed by atoms with Crippen molar-refractivity contribution in [3.63, 3.8) is 0 Å². The van der Waals surface area contributed by atoms with Gasteiger partial charge in [0.2, 0.25) is 5.91 Å². The van der Waals surface area contributed by atoms with Gasteiger partial charge < -0.3 is 5.32 Å². The van der Waals surface area contributed by atoms with Crippen molar-refractivity contribution in [1.29, 1.82) is 0 Å². The number of carbonyl (C=O) groups excluding carboxylic acids is 1. The minimum Gasteiger partial charge on any atom is -0.354 e. The molecule has 0 aliphatic rings. The lowest BCUT2D eigenvalue weighted by molar-refractivity contribution is -0.137. The molecule has 1 N–H and O–H groups in total. The van der Waals surface area contributed by atoms with Gasteiger partial charge in [0.15, 0.2) is 0 Å². The predicted molar refractivity (Wildman–Crippen MR) is 105 cm³/mol. The largest absolute Gasteiger partial charge is 0.416 e. The zero-order valence-electron chi connectivity index (χ0n) is 16.3. The number of aromatic nitrogens is 2. The van der Waals surface area contributed by atoms with Crippen LogP contribution in [0.15, 0.2) is 54.6 Å². The molecule has 0 saturated carbocycles. The molecular weight excluding hydrogens is 379 g/mol. The number of halogens is 3. The van der Waals surface area contributed by atoms with Crippen molar-refractivity contribution in [2.45, 2.75) is 33.0 Å². The summed E-state index contributed by atoms with van der Waals surface area (Å²) in [4.78, 5) is 12.1.